The second-order valence-corrected chi connectivity index (χ2v) is 4.93. The topological polar surface area (TPSA) is 29.4 Å². The van der Waals surface area contributed by atoms with Crippen molar-refractivity contribution in [3.63, 3.8) is 0 Å². The van der Waals surface area contributed by atoms with Gasteiger partial charge in [0.25, 0.3) is 0 Å². The summed E-state index contributed by atoms with van der Waals surface area (Å²) in [6.07, 6.45) is 1.09. The number of hydrogen-bond acceptors (Lipinski definition) is 1. The van der Waals surface area contributed by atoms with Gasteiger partial charge in [-0.15, -0.1) is 0 Å². The van der Waals surface area contributed by atoms with E-state index < -0.39 is 22.6 Å². The van der Waals surface area contributed by atoms with Crippen LogP contribution in [0.2, 0.25) is 0 Å². The molecule has 0 heterocycles. The molecule has 0 amide bonds. The molecule has 0 aliphatic carbocycles. The zero-order valence-corrected chi connectivity index (χ0v) is 9.22. The predicted octanol–water partition coefficient (Wildman–Crippen LogP) is 2.46. The minimum Gasteiger partial charge on any atom is -0.235 e. The van der Waals surface area contributed by atoms with Gasteiger partial charge >= 0.3 is 0 Å². The zero-order valence-electron chi connectivity index (χ0n) is 8.41. The predicted molar refractivity (Wildman–Crippen MR) is 57.2 cm³/mol. The van der Waals surface area contributed by atoms with E-state index in [-0.39, 0.29) is 10.8 Å². The largest absolute Gasteiger partial charge is 0.235 e. The first-order chi connectivity index (χ1) is 7.00. The Kier molecular flexibility index (Phi) is 4.08. The van der Waals surface area contributed by atoms with Gasteiger partial charge in [0, 0.05) is 11.8 Å². The molecule has 82 valence electrons. The van der Waals surface area contributed by atoms with Crippen molar-refractivity contribution in [3.05, 3.63) is 35.4 Å². The van der Waals surface area contributed by atoms with E-state index in [0.29, 0.717) is 0 Å². The molecule has 1 aromatic rings. The highest BCUT2D eigenvalue weighted by Gasteiger charge is 2.04. The van der Waals surface area contributed by atoms with Gasteiger partial charge in [0.15, 0.2) is 0 Å². The summed E-state index contributed by atoms with van der Waals surface area (Å²) in [7, 11) is -1.41. The summed E-state index contributed by atoms with van der Waals surface area (Å²) in [4.78, 5) is 0. The number of rotatable bonds is 3. The summed E-state index contributed by atoms with van der Waals surface area (Å²) >= 11 is 0. The lowest BCUT2D eigenvalue weighted by molar-refractivity contribution is 0.598. The molecule has 1 aromatic carbocycles. The molecule has 2 nitrogen and oxygen atoms in total. The van der Waals surface area contributed by atoms with Crippen LogP contribution in [0.4, 0.5) is 8.78 Å². The van der Waals surface area contributed by atoms with Crippen LogP contribution in [0.15, 0.2) is 22.6 Å². The second kappa shape index (κ2) is 5.11. The molecule has 0 radical (unpaired) electrons. The van der Waals surface area contributed by atoms with Gasteiger partial charge in [-0.05, 0) is 32.0 Å². The maximum Gasteiger partial charge on any atom is 0.141 e. The van der Waals surface area contributed by atoms with Crippen LogP contribution in [-0.4, -0.2) is 15.7 Å². The van der Waals surface area contributed by atoms with Gasteiger partial charge in [0.05, 0.1) is 5.25 Å². The fraction of sp³-hybridized carbons (Fsp3) is 0.300. The first-order valence-electron chi connectivity index (χ1n) is 4.40. The lowest BCUT2D eigenvalue weighted by atomic mass is 10.2. The van der Waals surface area contributed by atoms with Gasteiger partial charge in [-0.1, -0.05) is 0 Å². The maximum absolute atomic E-state index is 13.1. The van der Waals surface area contributed by atoms with Crippen molar-refractivity contribution < 1.29 is 13.0 Å². The lowest BCUT2D eigenvalue weighted by Gasteiger charge is -1.98. The molecule has 0 saturated heterocycles. The van der Waals surface area contributed by atoms with Gasteiger partial charge in [-0.3, -0.25) is 0 Å². The fourth-order valence-electron chi connectivity index (χ4n) is 0.844. The van der Waals surface area contributed by atoms with Crippen LogP contribution >= 0.6 is 0 Å². The Morgan fingerprint density at radius 2 is 2.07 bits per heavy atom. The molecule has 1 unspecified atom stereocenters. The molecule has 0 saturated carbocycles. The molecule has 0 aromatic heterocycles. The summed E-state index contributed by atoms with van der Waals surface area (Å²) in [6, 6.07) is 3.04. The van der Waals surface area contributed by atoms with Crippen LogP contribution in [0.1, 0.15) is 19.4 Å². The van der Waals surface area contributed by atoms with E-state index in [9.17, 15) is 13.0 Å². The standard InChI is InChI=1S/C10H11F2NOS/c1-7(2)15(14)13-6-8-5-9(11)3-4-10(8)12/h3-7H,1-2H3. The third-order valence-corrected chi connectivity index (χ3v) is 2.78. The van der Waals surface area contributed by atoms with Crippen molar-refractivity contribution >= 4 is 17.2 Å². The number of halogens is 2. The van der Waals surface area contributed by atoms with Crippen LogP contribution in [-0.2, 0) is 11.0 Å². The molecular weight excluding hydrogens is 220 g/mol. The van der Waals surface area contributed by atoms with E-state index in [2.05, 4.69) is 4.40 Å². The molecule has 1 rings (SSSR count). The molecule has 0 N–H and O–H groups in total. The average Bonchev–Trinajstić information content (AvgIpc) is 2.18. The molecular formula is C10H11F2NOS. The molecule has 0 aliphatic rings. The Balaban J connectivity index is 2.89. The Bertz CT molecular complexity index is 404. The Morgan fingerprint density at radius 1 is 1.40 bits per heavy atom. The molecule has 0 fully saturated rings. The highest BCUT2D eigenvalue weighted by molar-refractivity contribution is 7.84. The van der Waals surface area contributed by atoms with Gasteiger partial charge in [0.1, 0.15) is 22.6 Å². The Hall–Kier alpha value is -1.10. The lowest BCUT2D eigenvalue weighted by Crippen LogP contribution is -2.02. The number of benzene rings is 1. The summed E-state index contributed by atoms with van der Waals surface area (Å²) in [6.45, 7) is 3.46. The monoisotopic (exact) mass is 231 g/mol. The zero-order chi connectivity index (χ0) is 11.4. The van der Waals surface area contributed by atoms with Gasteiger partial charge in [-0.2, -0.15) is 4.40 Å². The molecule has 15 heavy (non-hydrogen) atoms. The summed E-state index contributed by atoms with van der Waals surface area (Å²) < 4.78 is 40.6. The molecule has 1 atom stereocenters. The van der Waals surface area contributed by atoms with E-state index >= 15 is 0 Å². The summed E-state index contributed by atoms with van der Waals surface area (Å²) in [5, 5.41) is -0.141. The first kappa shape index (κ1) is 12.0. The van der Waals surface area contributed by atoms with E-state index in [0.717, 1.165) is 24.4 Å². The van der Waals surface area contributed by atoms with Crippen LogP contribution in [0.3, 0.4) is 0 Å². The Labute approximate surface area is 89.6 Å². The summed E-state index contributed by atoms with van der Waals surface area (Å²) in [5.41, 5.74) is 0.00370. The smallest absolute Gasteiger partial charge is 0.141 e. The van der Waals surface area contributed by atoms with E-state index in [4.69, 9.17) is 0 Å². The van der Waals surface area contributed by atoms with E-state index in [1.165, 1.54) is 0 Å². The van der Waals surface area contributed by atoms with Gasteiger partial charge in [0.2, 0.25) is 0 Å². The van der Waals surface area contributed by atoms with Gasteiger partial charge in [-0.25, -0.2) is 13.0 Å². The molecule has 0 spiro atoms. The van der Waals surface area contributed by atoms with Crippen molar-refractivity contribution in [3.8, 4) is 0 Å². The third-order valence-electron chi connectivity index (χ3n) is 1.66. The number of nitrogens with zero attached hydrogens (tertiary/aromatic N) is 1. The average molecular weight is 231 g/mol. The van der Waals surface area contributed by atoms with Crippen molar-refractivity contribution in [2.75, 3.05) is 0 Å². The quantitative estimate of drug-likeness (QED) is 0.735. The first-order valence-corrected chi connectivity index (χ1v) is 5.57. The fourth-order valence-corrected chi connectivity index (χ4v) is 1.30. The summed E-state index contributed by atoms with van der Waals surface area (Å²) in [5.74, 6) is -1.13. The van der Waals surface area contributed by atoms with Crippen molar-refractivity contribution in [1.29, 1.82) is 0 Å². The minimum atomic E-state index is -1.41. The van der Waals surface area contributed by atoms with Crippen LogP contribution < -0.4 is 0 Å². The molecule has 5 heteroatoms. The SMILES string of the molecule is CC(C)S(=O)N=Cc1cc(F)ccc1F. The van der Waals surface area contributed by atoms with Crippen molar-refractivity contribution in [1.82, 2.24) is 0 Å². The van der Waals surface area contributed by atoms with E-state index in [1.807, 2.05) is 0 Å². The highest BCUT2D eigenvalue weighted by Crippen LogP contribution is 2.07. The second-order valence-electron chi connectivity index (χ2n) is 3.23. The molecule has 0 bridgehead atoms. The van der Waals surface area contributed by atoms with Crippen molar-refractivity contribution in [2.45, 2.75) is 19.1 Å². The Morgan fingerprint density at radius 3 is 2.67 bits per heavy atom. The maximum atomic E-state index is 13.1. The normalized spacial score (nSPS) is 13.7. The highest BCUT2D eigenvalue weighted by atomic mass is 32.2. The third kappa shape index (κ3) is 3.51. The van der Waals surface area contributed by atoms with Crippen LogP contribution in [0.25, 0.3) is 0 Å². The van der Waals surface area contributed by atoms with Crippen LogP contribution in [0, 0.1) is 11.6 Å². The number of hydrogen-bond donors (Lipinski definition) is 0. The molecule has 0 aliphatic heterocycles. The van der Waals surface area contributed by atoms with Crippen molar-refractivity contribution in [2.24, 2.45) is 4.40 Å². The minimum absolute atomic E-state index is 0.00370. The van der Waals surface area contributed by atoms with E-state index in [1.54, 1.807) is 13.8 Å². The van der Waals surface area contributed by atoms with Gasteiger partial charge < -0.3 is 0 Å². The van der Waals surface area contributed by atoms with Crippen LogP contribution in [0.5, 0.6) is 0 Å².